The smallest absolute Gasteiger partial charge is 0.331 e. The molecule has 0 atom stereocenters. The predicted molar refractivity (Wildman–Crippen MR) is 79.5 cm³/mol. The molecule has 0 aromatic rings. The summed E-state index contributed by atoms with van der Waals surface area (Å²) in [5, 5.41) is 19.5. The molecule has 0 radical (unpaired) electrons. The highest BCUT2D eigenvalue weighted by atomic mass is 32.2. The molecule has 0 aromatic carbocycles. The van der Waals surface area contributed by atoms with Crippen molar-refractivity contribution in [3.8, 4) is 0 Å². The standard InChI is InChI=1S/C5H6O4.C4H6S.2C2H4/c1-3(5(8)9)2-4(6)7;1-3-5-4-2;2*1-2/h1-2H2,(H,6,7)(H,8,9);3-4H,1-2H2;2*1-2H2. The van der Waals surface area contributed by atoms with Gasteiger partial charge in [0.1, 0.15) is 0 Å². The van der Waals surface area contributed by atoms with Crippen molar-refractivity contribution >= 4 is 23.7 Å². The predicted octanol–water partition coefficient (Wildman–Crippen LogP) is 3.71. The second kappa shape index (κ2) is 24.3. The molecule has 0 heterocycles. The molecule has 0 aliphatic rings. The zero-order valence-corrected chi connectivity index (χ0v) is 11.2. The minimum atomic E-state index is -1.27. The molecule has 0 saturated heterocycles. The maximum atomic E-state index is 9.87. The molecular formula is C13H20O4S. The van der Waals surface area contributed by atoms with E-state index in [9.17, 15) is 9.59 Å². The van der Waals surface area contributed by atoms with Crippen LogP contribution in [0.4, 0.5) is 0 Å². The van der Waals surface area contributed by atoms with E-state index in [0.717, 1.165) is 0 Å². The Morgan fingerprint density at radius 2 is 1.33 bits per heavy atom. The van der Waals surface area contributed by atoms with Crippen LogP contribution in [-0.2, 0) is 9.59 Å². The Kier molecular flexibility index (Phi) is 33.7. The first kappa shape index (κ1) is 25.0. The first-order valence-electron chi connectivity index (χ1n) is 4.45. The maximum absolute atomic E-state index is 9.87. The lowest BCUT2D eigenvalue weighted by molar-refractivity contribution is -0.139. The molecule has 0 amide bonds. The van der Waals surface area contributed by atoms with E-state index in [1.54, 1.807) is 10.8 Å². The van der Waals surface area contributed by atoms with Crippen LogP contribution < -0.4 is 0 Å². The van der Waals surface area contributed by atoms with Crippen LogP contribution in [0.2, 0.25) is 0 Å². The average Bonchev–Trinajstić information content (AvgIpc) is 2.35. The van der Waals surface area contributed by atoms with Gasteiger partial charge in [0.25, 0.3) is 0 Å². The summed E-state index contributed by atoms with van der Waals surface area (Å²) in [6.45, 7) is 21.9. The molecular weight excluding hydrogens is 252 g/mol. The molecule has 0 spiro atoms. The fourth-order valence-electron chi connectivity index (χ4n) is 0.326. The van der Waals surface area contributed by atoms with Crippen molar-refractivity contribution in [2.45, 2.75) is 6.42 Å². The lowest BCUT2D eigenvalue weighted by atomic mass is 10.2. The zero-order valence-electron chi connectivity index (χ0n) is 10.4. The molecule has 102 valence electrons. The van der Waals surface area contributed by atoms with Crippen LogP contribution in [-0.4, -0.2) is 22.2 Å². The normalized spacial score (nSPS) is 6.44. The van der Waals surface area contributed by atoms with Gasteiger partial charge in [-0.25, -0.2) is 4.79 Å². The quantitative estimate of drug-likeness (QED) is 0.589. The van der Waals surface area contributed by atoms with Crippen LogP contribution >= 0.6 is 11.8 Å². The largest absolute Gasteiger partial charge is 0.481 e. The lowest BCUT2D eigenvalue weighted by Crippen LogP contribution is -2.04. The Bertz CT molecular complexity index is 264. The van der Waals surface area contributed by atoms with Gasteiger partial charge in [-0.1, -0.05) is 19.7 Å². The topological polar surface area (TPSA) is 74.6 Å². The van der Waals surface area contributed by atoms with Crippen molar-refractivity contribution in [1.29, 1.82) is 0 Å². The van der Waals surface area contributed by atoms with E-state index in [0.29, 0.717) is 0 Å². The third-order valence-electron chi connectivity index (χ3n) is 0.860. The van der Waals surface area contributed by atoms with Crippen LogP contribution in [0.1, 0.15) is 6.42 Å². The second-order valence-corrected chi connectivity index (χ2v) is 2.89. The first-order valence-corrected chi connectivity index (χ1v) is 5.40. The molecule has 0 unspecified atom stereocenters. The maximum Gasteiger partial charge on any atom is 0.331 e. The van der Waals surface area contributed by atoms with Crippen LogP contribution in [0, 0.1) is 0 Å². The highest BCUT2D eigenvalue weighted by Gasteiger charge is 2.07. The number of rotatable bonds is 5. The van der Waals surface area contributed by atoms with Gasteiger partial charge in [-0.2, -0.15) is 0 Å². The minimum Gasteiger partial charge on any atom is -0.481 e. The van der Waals surface area contributed by atoms with E-state index in [1.807, 2.05) is 0 Å². The van der Waals surface area contributed by atoms with Crippen LogP contribution in [0.5, 0.6) is 0 Å². The van der Waals surface area contributed by atoms with Crippen molar-refractivity contribution in [2.75, 3.05) is 0 Å². The van der Waals surface area contributed by atoms with Gasteiger partial charge >= 0.3 is 11.9 Å². The third kappa shape index (κ3) is 37.0. The van der Waals surface area contributed by atoms with E-state index in [4.69, 9.17) is 10.2 Å². The number of carbonyl (C=O) groups is 2. The number of hydrogen-bond donors (Lipinski definition) is 2. The first-order chi connectivity index (χ1) is 8.45. The monoisotopic (exact) mass is 272 g/mol. The van der Waals surface area contributed by atoms with Crippen LogP contribution in [0.3, 0.4) is 0 Å². The van der Waals surface area contributed by atoms with Crippen molar-refractivity contribution in [1.82, 2.24) is 0 Å². The number of carboxylic acids is 2. The van der Waals surface area contributed by atoms with Crippen molar-refractivity contribution in [2.24, 2.45) is 0 Å². The van der Waals surface area contributed by atoms with Crippen molar-refractivity contribution in [3.05, 3.63) is 62.4 Å². The van der Waals surface area contributed by atoms with Gasteiger partial charge < -0.3 is 10.2 Å². The molecule has 0 aromatic heterocycles. The fourth-order valence-corrected chi connectivity index (χ4v) is 0.462. The molecule has 0 saturated carbocycles. The summed E-state index contributed by atoms with van der Waals surface area (Å²) >= 11 is 1.49. The highest BCUT2D eigenvalue weighted by molar-refractivity contribution is 8.04. The zero-order chi connectivity index (χ0) is 15.6. The van der Waals surface area contributed by atoms with Gasteiger partial charge in [0.15, 0.2) is 0 Å². The van der Waals surface area contributed by atoms with E-state index in [1.165, 1.54) is 11.8 Å². The van der Waals surface area contributed by atoms with Crippen LogP contribution in [0.15, 0.2) is 62.4 Å². The fraction of sp³-hybridized carbons (Fsp3) is 0.0769. The molecule has 4 nitrogen and oxygen atoms in total. The van der Waals surface area contributed by atoms with E-state index in [-0.39, 0.29) is 5.57 Å². The summed E-state index contributed by atoms with van der Waals surface area (Å²) in [5.41, 5.74) is -0.303. The molecule has 5 heteroatoms. The van der Waals surface area contributed by atoms with E-state index >= 15 is 0 Å². The number of carboxylic acid groups (broad SMARTS) is 2. The SMILES string of the molecule is C=C.C=C.C=C(CC(=O)O)C(=O)O.C=CSC=C. The number of thioether (sulfide) groups is 1. The Morgan fingerprint density at radius 3 is 1.39 bits per heavy atom. The summed E-state index contributed by atoms with van der Waals surface area (Å²) in [6, 6.07) is 0. The summed E-state index contributed by atoms with van der Waals surface area (Å²) < 4.78 is 0. The Labute approximate surface area is 113 Å². The van der Waals surface area contributed by atoms with Crippen molar-refractivity contribution in [3.63, 3.8) is 0 Å². The molecule has 0 aliphatic carbocycles. The van der Waals surface area contributed by atoms with E-state index < -0.39 is 18.4 Å². The third-order valence-corrected chi connectivity index (χ3v) is 1.24. The van der Waals surface area contributed by atoms with Gasteiger partial charge in [0.05, 0.1) is 6.42 Å². The summed E-state index contributed by atoms with van der Waals surface area (Å²) in [6.07, 6.45) is -0.505. The number of hydrogen-bond acceptors (Lipinski definition) is 3. The molecule has 0 fully saturated rings. The molecule has 18 heavy (non-hydrogen) atoms. The molecule has 0 bridgehead atoms. The summed E-state index contributed by atoms with van der Waals surface area (Å²) in [7, 11) is 0. The average molecular weight is 272 g/mol. The van der Waals surface area contributed by atoms with Crippen LogP contribution in [0.25, 0.3) is 0 Å². The van der Waals surface area contributed by atoms with Gasteiger partial charge in [-0.05, 0) is 10.8 Å². The Hall–Kier alpha value is -2.01. The lowest BCUT2D eigenvalue weighted by Gasteiger charge is -1.91. The molecule has 0 rings (SSSR count). The molecule has 0 aliphatic heterocycles. The van der Waals surface area contributed by atoms with Gasteiger partial charge in [0, 0.05) is 5.57 Å². The van der Waals surface area contributed by atoms with Gasteiger partial charge in [-0.3, -0.25) is 4.79 Å². The summed E-state index contributed by atoms with van der Waals surface area (Å²) in [4.78, 5) is 19.7. The van der Waals surface area contributed by atoms with Gasteiger partial charge in [-0.15, -0.1) is 38.1 Å². The summed E-state index contributed by atoms with van der Waals surface area (Å²) in [5.74, 6) is -2.44. The Balaban J connectivity index is -0.0000000925. The second-order valence-electron chi connectivity index (χ2n) is 1.95. The molecule has 2 N–H and O–H groups in total. The highest BCUT2D eigenvalue weighted by Crippen LogP contribution is 1.96. The minimum absolute atomic E-state index is 0.303. The Morgan fingerprint density at radius 1 is 1.00 bits per heavy atom. The van der Waals surface area contributed by atoms with Crippen molar-refractivity contribution < 1.29 is 19.8 Å². The van der Waals surface area contributed by atoms with Gasteiger partial charge in [0.2, 0.25) is 0 Å². The van der Waals surface area contributed by atoms with E-state index in [2.05, 4.69) is 46.1 Å². The number of aliphatic carboxylic acids is 2.